The molecule has 0 aliphatic carbocycles. The van der Waals surface area contributed by atoms with Gasteiger partial charge < -0.3 is 9.84 Å². The number of aromatic nitrogens is 1. The number of carbonyl (C=O) groups is 1. The maximum absolute atomic E-state index is 11.0. The predicted octanol–water partition coefficient (Wildman–Crippen LogP) is 4.03. The standard InChI is InChI=1S/C17H13NO3/c1-11-9-12-5-2-3-8-15(12)18-16(11)21-14-7-4-6-13(10-14)17(19)20/h2-10H,1H3,(H,19,20). The Morgan fingerprint density at radius 2 is 1.90 bits per heavy atom. The van der Waals surface area contributed by atoms with Gasteiger partial charge in [0.2, 0.25) is 5.88 Å². The van der Waals surface area contributed by atoms with Crippen molar-refractivity contribution in [2.45, 2.75) is 6.92 Å². The van der Waals surface area contributed by atoms with E-state index < -0.39 is 5.97 Å². The summed E-state index contributed by atoms with van der Waals surface area (Å²) >= 11 is 0. The topological polar surface area (TPSA) is 59.4 Å². The minimum atomic E-state index is -0.983. The van der Waals surface area contributed by atoms with E-state index in [1.807, 2.05) is 37.3 Å². The monoisotopic (exact) mass is 279 g/mol. The molecule has 0 aliphatic heterocycles. The van der Waals surface area contributed by atoms with Gasteiger partial charge >= 0.3 is 5.97 Å². The van der Waals surface area contributed by atoms with Gasteiger partial charge in [0, 0.05) is 10.9 Å². The highest BCUT2D eigenvalue weighted by atomic mass is 16.5. The molecular weight excluding hydrogens is 266 g/mol. The van der Waals surface area contributed by atoms with Gasteiger partial charge in [0.15, 0.2) is 0 Å². The number of hydrogen-bond donors (Lipinski definition) is 1. The highest BCUT2D eigenvalue weighted by Crippen LogP contribution is 2.26. The van der Waals surface area contributed by atoms with Gasteiger partial charge in [-0.1, -0.05) is 24.3 Å². The first kappa shape index (κ1) is 13.1. The van der Waals surface area contributed by atoms with Gasteiger partial charge in [-0.3, -0.25) is 0 Å². The summed E-state index contributed by atoms with van der Waals surface area (Å²) in [6, 6.07) is 16.1. The summed E-state index contributed by atoms with van der Waals surface area (Å²) in [5.41, 5.74) is 1.92. The van der Waals surface area contributed by atoms with Gasteiger partial charge in [-0.2, -0.15) is 0 Å². The number of aryl methyl sites for hydroxylation is 1. The quantitative estimate of drug-likeness (QED) is 0.786. The molecular formula is C17H13NO3. The number of benzene rings is 2. The van der Waals surface area contributed by atoms with Crippen LogP contribution in [0.5, 0.6) is 11.6 Å². The number of rotatable bonds is 3. The van der Waals surface area contributed by atoms with Crippen molar-refractivity contribution in [2.75, 3.05) is 0 Å². The van der Waals surface area contributed by atoms with E-state index in [1.165, 1.54) is 12.1 Å². The first-order chi connectivity index (χ1) is 10.1. The minimum absolute atomic E-state index is 0.186. The van der Waals surface area contributed by atoms with Crippen LogP contribution in [0.1, 0.15) is 15.9 Å². The molecule has 104 valence electrons. The van der Waals surface area contributed by atoms with Crippen molar-refractivity contribution in [1.82, 2.24) is 4.98 Å². The van der Waals surface area contributed by atoms with E-state index in [-0.39, 0.29) is 5.56 Å². The first-order valence-corrected chi connectivity index (χ1v) is 6.51. The van der Waals surface area contributed by atoms with Gasteiger partial charge in [0.25, 0.3) is 0 Å². The summed E-state index contributed by atoms with van der Waals surface area (Å²) in [7, 11) is 0. The summed E-state index contributed by atoms with van der Waals surface area (Å²) < 4.78 is 5.73. The molecule has 0 fully saturated rings. The Kier molecular flexibility index (Phi) is 3.28. The van der Waals surface area contributed by atoms with Crippen LogP contribution >= 0.6 is 0 Å². The number of para-hydroxylation sites is 1. The Hall–Kier alpha value is -2.88. The number of ether oxygens (including phenoxy) is 1. The smallest absolute Gasteiger partial charge is 0.335 e. The van der Waals surface area contributed by atoms with Crippen LogP contribution in [0.25, 0.3) is 10.9 Å². The highest BCUT2D eigenvalue weighted by Gasteiger charge is 2.08. The van der Waals surface area contributed by atoms with Crippen LogP contribution < -0.4 is 4.74 Å². The predicted molar refractivity (Wildman–Crippen MR) is 80.0 cm³/mol. The van der Waals surface area contributed by atoms with Gasteiger partial charge in [-0.25, -0.2) is 9.78 Å². The molecule has 4 heteroatoms. The molecule has 0 radical (unpaired) electrons. The number of carboxylic acid groups (broad SMARTS) is 1. The molecule has 3 aromatic rings. The van der Waals surface area contributed by atoms with Crippen molar-refractivity contribution in [1.29, 1.82) is 0 Å². The molecule has 0 spiro atoms. The molecule has 0 saturated heterocycles. The van der Waals surface area contributed by atoms with E-state index in [2.05, 4.69) is 4.98 Å². The van der Waals surface area contributed by atoms with E-state index in [4.69, 9.17) is 9.84 Å². The molecule has 21 heavy (non-hydrogen) atoms. The van der Waals surface area contributed by atoms with Crippen LogP contribution in [0.3, 0.4) is 0 Å². The molecule has 0 bridgehead atoms. The second kappa shape index (κ2) is 5.25. The van der Waals surface area contributed by atoms with E-state index >= 15 is 0 Å². The second-order valence-electron chi connectivity index (χ2n) is 4.74. The lowest BCUT2D eigenvalue weighted by Crippen LogP contribution is -1.97. The van der Waals surface area contributed by atoms with Crippen LogP contribution in [-0.2, 0) is 0 Å². The third kappa shape index (κ3) is 2.69. The number of aromatic carboxylic acids is 1. The summed E-state index contributed by atoms with van der Waals surface area (Å²) in [4.78, 5) is 15.5. The molecule has 4 nitrogen and oxygen atoms in total. The van der Waals surface area contributed by atoms with Crippen molar-refractivity contribution in [3.63, 3.8) is 0 Å². The maximum atomic E-state index is 11.0. The molecule has 1 heterocycles. The van der Waals surface area contributed by atoms with Gasteiger partial charge in [0.05, 0.1) is 11.1 Å². The van der Waals surface area contributed by atoms with Gasteiger partial charge in [0.1, 0.15) is 5.75 Å². The van der Waals surface area contributed by atoms with Crippen LogP contribution in [-0.4, -0.2) is 16.1 Å². The minimum Gasteiger partial charge on any atom is -0.478 e. The normalized spacial score (nSPS) is 10.5. The molecule has 0 saturated carbocycles. The molecule has 0 aliphatic rings. The molecule has 2 aromatic carbocycles. The lowest BCUT2D eigenvalue weighted by molar-refractivity contribution is 0.0696. The van der Waals surface area contributed by atoms with E-state index in [0.29, 0.717) is 11.6 Å². The Balaban J connectivity index is 1.99. The van der Waals surface area contributed by atoms with Crippen LogP contribution in [0.4, 0.5) is 0 Å². The molecule has 0 atom stereocenters. The van der Waals surface area contributed by atoms with Crippen molar-refractivity contribution in [3.05, 3.63) is 65.7 Å². The van der Waals surface area contributed by atoms with Crippen LogP contribution in [0, 0.1) is 6.92 Å². The molecule has 0 amide bonds. The van der Waals surface area contributed by atoms with Crippen molar-refractivity contribution in [3.8, 4) is 11.6 Å². The average molecular weight is 279 g/mol. The lowest BCUT2D eigenvalue weighted by Gasteiger charge is -2.09. The fourth-order valence-corrected chi connectivity index (χ4v) is 2.11. The highest BCUT2D eigenvalue weighted by molar-refractivity contribution is 5.88. The van der Waals surface area contributed by atoms with E-state index in [1.54, 1.807) is 12.1 Å². The average Bonchev–Trinajstić information content (AvgIpc) is 2.48. The van der Waals surface area contributed by atoms with E-state index in [0.717, 1.165) is 16.5 Å². The lowest BCUT2D eigenvalue weighted by atomic mass is 10.1. The Labute approximate surface area is 121 Å². The summed E-state index contributed by atoms with van der Waals surface area (Å²) in [5.74, 6) is -0.0411. The number of fused-ring (bicyclic) bond motifs is 1. The van der Waals surface area contributed by atoms with Crippen LogP contribution in [0.15, 0.2) is 54.6 Å². The maximum Gasteiger partial charge on any atom is 0.335 e. The molecule has 1 aromatic heterocycles. The summed E-state index contributed by atoms with van der Waals surface area (Å²) in [6.07, 6.45) is 0. The van der Waals surface area contributed by atoms with Crippen molar-refractivity contribution < 1.29 is 14.6 Å². The second-order valence-corrected chi connectivity index (χ2v) is 4.74. The molecule has 0 unspecified atom stereocenters. The van der Waals surface area contributed by atoms with Crippen molar-refractivity contribution in [2.24, 2.45) is 0 Å². The van der Waals surface area contributed by atoms with Crippen LogP contribution in [0.2, 0.25) is 0 Å². The number of hydrogen-bond acceptors (Lipinski definition) is 3. The largest absolute Gasteiger partial charge is 0.478 e. The zero-order chi connectivity index (χ0) is 14.8. The fourth-order valence-electron chi connectivity index (χ4n) is 2.11. The van der Waals surface area contributed by atoms with Crippen molar-refractivity contribution >= 4 is 16.9 Å². The summed E-state index contributed by atoms with van der Waals surface area (Å²) in [6.45, 7) is 1.91. The first-order valence-electron chi connectivity index (χ1n) is 6.51. The van der Waals surface area contributed by atoms with Gasteiger partial charge in [-0.15, -0.1) is 0 Å². The van der Waals surface area contributed by atoms with Gasteiger partial charge in [-0.05, 0) is 37.3 Å². The fraction of sp³-hybridized carbons (Fsp3) is 0.0588. The molecule has 3 rings (SSSR count). The zero-order valence-electron chi connectivity index (χ0n) is 11.4. The molecule has 1 N–H and O–H groups in total. The summed E-state index contributed by atoms with van der Waals surface area (Å²) in [5, 5.41) is 10.0. The Morgan fingerprint density at radius 3 is 2.71 bits per heavy atom. The SMILES string of the molecule is Cc1cc2ccccc2nc1Oc1cccc(C(=O)O)c1. The number of nitrogens with zero attached hydrogens (tertiary/aromatic N) is 1. The Bertz CT molecular complexity index is 827. The third-order valence-corrected chi connectivity index (χ3v) is 3.16. The van der Waals surface area contributed by atoms with E-state index in [9.17, 15) is 4.79 Å². The zero-order valence-corrected chi connectivity index (χ0v) is 11.4. The number of carboxylic acids is 1. The Morgan fingerprint density at radius 1 is 1.10 bits per heavy atom. The number of pyridine rings is 1. The third-order valence-electron chi connectivity index (χ3n) is 3.16.